The Kier molecular flexibility index (Phi) is 5.99. The Hall–Kier alpha value is -3.23. The Balaban J connectivity index is 1.85. The zero-order valence-electron chi connectivity index (χ0n) is 17.9. The average molecular weight is 490 g/mol. The van der Waals surface area contributed by atoms with Gasteiger partial charge in [-0.15, -0.1) is 0 Å². The van der Waals surface area contributed by atoms with Gasteiger partial charge in [-0.3, -0.25) is 4.72 Å². The van der Waals surface area contributed by atoms with Gasteiger partial charge in [0.2, 0.25) is 16.0 Å². The summed E-state index contributed by atoms with van der Waals surface area (Å²) in [5.41, 5.74) is 0.783. The topological polar surface area (TPSA) is 136 Å². The average Bonchev–Trinajstić information content (AvgIpc) is 3.33. The van der Waals surface area contributed by atoms with Crippen molar-refractivity contribution in [3.63, 3.8) is 0 Å². The Labute approximate surface area is 195 Å². The number of aromatic amines is 1. The number of imidazole rings is 1. The van der Waals surface area contributed by atoms with Crippen molar-refractivity contribution in [3.8, 4) is 28.7 Å². The van der Waals surface area contributed by atoms with E-state index in [4.69, 9.17) is 16.9 Å². The monoisotopic (exact) mass is 489 g/mol. The van der Waals surface area contributed by atoms with Crippen molar-refractivity contribution in [1.29, 1.82) is 5.26 Å². The van der Waals surface area contributed by atoms with Crippen LogP contribution in [-0.2, 0) is 15.4 Å². The summed E-state index contributed by atoms with van der Waals surface area (Å²) in [4.78, 5) is 16.6. The summed E-state index contributed by atoms with van der Waals surface area (Å²) in [5, 5.41) is 11.8. The first-order valence-electron chi connectivity index (χ1n) is 10.1. The van der Waals surface area contributed by atoms with Crippen molar-refractivity contribution in [2.24, 2.45) is 0 Å². The van der Waals surface area contributed by atoms with Crippen molar-refractivity contribution in [1.82, 2.24) is 19.9 Å². The fourth-order valence-electron chi connectivity index (χ4n) is 3.31. The first-order chi connectivity index (χ1) is 15.6. The lowest BCUT2D eigenvalue weighted by molar-refractivity contribution is 0.604. The highest BCUT2D eigenvalue weighted by molar-refractivity contribution is 7.92. The molecule has 0 aliphatic heterocycles. The number of anilines is 2. The molecule has 0 bridgehead atoms. The second kappa shape index (κ2) is 8.61. The van der Waals surface area contributed by atoms with E-state index in [2.05, 4.69) is 36.9 Å². The summed E-state index contributed by atoms with van der Waals surface area (Å²) in [5.74, 6) is 0.196. The third-order valence-corrected chi connectivity index (χ3v) is 6.10. The van der Waals surface area contributed by atoms with Gasteiger partial charge in [0, 0.05) is 28.7 Å². The first-order valence-corrected chi connectivity index (χ1v) is 12.4. The van der Waals surface area contributed by atoms with Crippen molar-refractivity contribution in [3.05, 3.63) is 41.1 Å². The van der Waals surface area contributed by atoms with E-state index in [1.807, 2.05) is 6.07 Å². The van der Waals surface area contributed by atoms with Gasteiger partial charge in [-0.25, -0.2) is 27.8 Å². The van der Waals surface area contributed by atoms with Crippen molar-refractivity contribution in [2.75, 3.05) is 22.8 Å². The van der Waals surface area contributed by atoms with E-state index in [0.29, 0.717) is 29.7 Å². The molecule has 3 aromatic rings. The van der Waals surface area contributed by atoms with Crippen LogP contribution in [-0.4, -0.2) is 41.2 Å². The molecule has 1 fully saturated rings. The van der Waals surface area contributed by atoms with Crippen LogP contribution in [0.4, 0.5) is 16.0 Å². The van der Waals surface area contributed by atoms with Gasteiger partial charge >= 0.3 is 0 Å². The molecule has 12 heteroatoms. The lowest BCUT2D eigenvalue weighted by Gasteiger charge is -2.11. The largest absolute Gasteiger partial charge is 0.353 e. The number of H-pyrrole nitrogens is 1. The maximum absolute atomic E-state index is 15.5. The lowest BCUT2D eigenvalue weighted by Crippen LogP contribution is -2.11. The molecule has 0 unspecified atom stereocenters. The van der Waals surface area contributed by atoms with Crippen molar-refractivity contribution >= 4 is 33.3 Å². The minimum absolute atomic E-state index is 0.0352. The number of hydrogen-bond donors (Lipinski definition) is 3. The summed E-state index contributed by atoms with van der Waals surface area (Å²) < 4.78 is 41.0. The molecule has 1 aliphatic carbocycles. The summed E-state index contributed by atoms with van der Waals surface area (Å²) in [7, 11) is -3.73. The number of hydrogen-bond acceptors (Lipinski definition) is 7. The predicted octanol–water partition coefficient (Wildman–Crippen LogP) is 4.07. The number of sulfonamides is 1. The van der Waals surface area contributed by atoms with Crippen LogP contribution in [0.25, 0.3) is 22.6 Å². The highest BCUT2D eigenvalue weighted by atomic mass is 35.5. The Morgan fingerprint density at radius 2 is 2.09 bits per heavy atom. The molecule has 4 rings (SSSR count). The van der Waals surface area contributed by atoms with Crippen LogP contribution in [0, 0.1) is 17.1 Å². The number of halogens is 2. The van der Waals surface area contributed by atoms with Crippen LogP contribution in [0.1, 0.15) is 32.0 Å². The summed E-state index contributed by atoms with van der Waals surface area (Å²) in [6.45, 7) is 2.43. The molecule has 1 aromatic carbocycles. The molecule has 172 valence electrons. The van der Waals surface area contributed by atoms with E-state index in [9.17, 15) is 8.42 Å². The van der Waals surface area contributed by atoms with Crippen molar-refractivity contribution in [2.45, 2.75) is 31.6 Å². The van der Waals surface area contributed by atoms with Crippen LogP contribution >= 0.6 is 11.6 Å². The number of nitrogens with zero attached hydrogens (tertiary/aromatic N) is 4. The molecule has 0 amide bonds. The molecule has 1 saturated carbocycles. The minimum Gasteiger partial charge on any atom is -0.353 e. The Morgan fingerprint density at radius 1 is 1.33 bits per heavy atom. The normalized spacial score (nSPS) is 14.5. The van der Waals surface area contributed by atoms with E-state index in [-0.39, 0.29) is 33.8 Å². The van der Waals surface area contributed by atoms with Gasteiger partial charge in [0.05, 0.1) is 35.8 Å². The Bertz CT molecular complexity index is 1360. The molecule has 33 heavy (non-hydrogen) atoms. The van der Waals surface area contributed by atoms with Gasteiger partial charge in [-0.2, -0.15) is 5.26 Å². The molecule has 0 atom stereocenters. The van der Waals surface area contributed by atoms with Crippen LogP contribution < -0.4 is 10.0 Å². The van der Waals surface area contributed by atoms with Crippen LogP contribution in [0.5, 0.6) is 0 Å². The van der Waals surface area contributed by atoms with E-state index >= 15 is 4.39 Å². The molecule has 1 aliphatic rings. The number of benzene rings is 1. The second-order valence-electron chi connectivity index (χ2n) is 8.16. The van der Waals surface area contributed by atoms with E-state index in [1.54, 1.807) is 12.3 Å². The second-order valence-corrected chi connectivity index (χ2v) is 10.3. The maximum Gasteiger partial charge on any atom is 0.229 e. The van der Waals surface area contributed by atoms with Crippen molar-refractivity contribution < 1.29 is 12.8 Å². The molecule has 3 N–H and O–H groups in total. The fourth-order valence-corrected chi connectivity index (χ4v) is 4.08. The molecule has 2 heterocycles. The first kappa shape index (κ1) is 22.9. The number of rotatable bonds is 8. The molecular formula is C21H21ClFN7O2S. The zero-order chi connectivity index (χ0) is 23.8. The quantitative estimate of drug-likeness (QED) is 0.405. The standard InChI is InChI=1S/C21H21ClFN7O2S/c1-21(5-6-21)19-28-17(13-10-12(22)11-15(16(13)23)30-33(2,31)32)18(29-19)14-4-9-26-20(27-14)25-8-3-7-24/h4,9-11,30H,3,5-6,8H2,1-2H3,(H,28,29)(H,25,26,27). The van der Waals surface area contributed by atoms with Crippen LogP contribution in [0.2, 0.25) is 5.02 Å². The minimum atomic E-state index is -3.73. The van der Waals surface area contributed by atoms with Gasteiger partial charge in [0.15, 0.2) is 5.82 Å². The van der Waals surface area contributed by atoms with Gasteiger partial charge < -0.3 is 10.3 Å². The van der Waals surface area contributed by atoms with E-state index in [1.165, 1.54) is 12.1 Å². The maximum atomic E-state index is 15.5. The van der Waals surface area contributed by atoms with Gasteiger partial charge in [0.1, 0.15) is 11.5 Å². The fraction of sp³-hybridized carbons (Fsp3) is 0.333. The van der Waals surface area contributed by atoms with Gasteiger partial charge in [-0.05, 0) is 31.0 Å². The molecule has 0 spiro atoms. The number of nitrogens with one attached hydrogen (secondary N) is 3. The zero-order valence-corrected chi connectivity index (χ0v) is 19.5. The summed E-state index contributed by atoms with van der Waals surface area (Å²) >= 11 is 6.20. The van der Waals surface area contributed by atoms with Gasteiger partial charge in [0.25, 0.3) is 0 Å². The number of aromatic nitrogens is 4. The molecular weight excluding hydrogens is 469 g/mol. The lowest BCUT2D eigenvalue weighted by atomic mass is 10.1. The Morgan fingerprint density at radius 3 is 2.76 bits per heavy atom. The summed E-state index contributed by atoms with van der Waals surface area (Å²) in [6.07, 6.45) is 4.63. The SMILES string of the molecule is CC1(c2nc(-c3cc(Cl)cc(NS(C)(=O)=O)c3F)c(-c3ccnc(NCCC#N)n3)[nH]2)CC1. The van der Waals surface area contributed by atoms with E-state index < -0.39 is 15.8 Å². The molecule has 2 aromatic heterocycles. The van der Waals surface area contributed by atoms with E-state index in [0.717, 1.165) is 19.1 Å². The third kappa shape index (κ3) is 5.07. The van der Waals surface area contributed by atoms with Crippen LogP contribution in [0.3, 0.4) is 0 Å². The summed E-state index contributed by atoms with van der Waals surface area (Å²) in [6, 6.07) is 6.30. The molecule has 0 radical (unpaired) electrons. The smallest absolute Gasteiger partial charge is 0.229 e. The molecule has 9 nitrogen and oxygen atoms in total. The number of nitriles is 1. The molecule has 0 saturated heterocycles. The highest BCUT2D eigenvalue weighted by Gasteiger charge is 2.43. The van der Waals surface area contributed by atoms with Gasteiger partial charge in [-0.1, -0.05) is 18.5 Å². The third-order valence-electron chi connectivity index (χ3n) is 5.30. The van der Waals surface area contributed by atoms with Crippen LogP contribution in [0.15, 0.2) is 24.4 Å². The highest BCUT2D eigenvalue weighted by Crippen LogP contribution is 2.48. The predicted molar refractivity (Wildman–Crippen MR) is 124 cm³/mol.